The second-order valence-corrected chi connectivity index (χ2v) is 6.43. The first kappa shape index (κ1) is 16.1. The SMILES string of the molecule is CCCCOc1ccc2[nH]cc(C(=O)CC3CCNCC3)c2c1. The molecule has 4 heteroatoms. The van der Waals surface area contributed by atoms with E-state index in [9.17, 15) is 4.79 Å². The second kappa shape index (κ2) is 7.64. The molecule has 1 saturated heterocycles. The molecule has 2 heterocycles. The third kappa shape index (κ3) is 3.94. The summed E-state index contributed by atoms with van der Waals surface area (Å²) >= 11 is 0. The van der Waals surface area contributed by atoms with Crippen molar-refractivity contribution in [1.29, 1.82) is 0 Å². The molecule has 23 heavy (non-hydrogen) atoms. The third-order valence-electron chi connectivity index (χ3n) is 4.65. The van der Waals surface area contributed by atoms with Crippen LogP contribution in [-0.2, 0) is 0 Å². The van der Waals surface area contributed by atoms with Crippen LogP contribution in [0.1, 0.15) is 49.4 Å². The Labute approximate surface area is 137 Å². The van der Waals surface area contributed by atoms with Crippen molar-refractivity contribution in [3.8, 4) is 5.75 Å². The maximum atomic E-state index is 12.7. The van der Waals surface area contributed by atoms with Crippen molar-refractivity contribution in [2.45, 2.75) is 39.0 Å². The average molecular weight is 314 g/mol. The van der Waals surface area contributed by atoms with Gasteiger partial charge in [-0.1, -0.05) is 13.3 Å². The van der Waals surface area contributed by atoms with Gasteiger partial charge in [-0.05, 0) is 56.5 Å². The predicted octanol–water partition coefficient (Wildman–Crippen LogP) is 3.92. The highest BCUT2D eigenvalue weighted by Gasteiger charge is 2.20. The molecule has 0 radical (unpaired) electrons. The zero-order valence-electron chi connectivity index (χ0n) is 13.9. The molecule has 0 atom stereocenters. The van der Waals surface area contributed by atoms with Crippen LogP contribution in [0, 0.1) is 5.92 Å². The van der Waals surface area contributed by atoms with E-state index in [1.54, 1.807) is 0 Å². The maximum absolute atomic E-state index is 12.7. The Morgan fingerprint density at radius 3 is 2.91 bits per heavy atom. The summed E-state index contributed by atoms with van der Waals surface area (Å²) in [6.07, 6.45) is 6.86. The van der Waals surface area contributed by atoms with E-state index in [1.165, 1.54) is 0 Å². The van der Waals surface area contributed by atoms with Crippen LogP contribution < -0.4 is 10.1 Å². The van der Waals surface area contributed by atoms with Gasteiger partial charge in [-0.15, -0.1) is 0 Å². The van der Waals surface area contributed by atoms with Gasteiger partial charge in [0.2, 0.25) is 0 Å². The molecule has 0 amide bonds. The number of Topliss-reactive ketones (excluding diaryl/α,β-unsaturated/α-hetero) is 1. The molecule has 0 spiro atoms. The molecular weight excluding hydrogens is 288 g/mol. The lowest BCUT2D eigenvalue weighted by Crippen LogP contribution is -2.28. The standard InChI is InChI=1S/C19H26N2O2/c1-2-3-10-23-15-4-5-18-16(12-15)17(13-21-18)19(22)11-14-6-8-20-9-7-14/h4-5,12-14,20-21H,2-3,6-11H2,1H3. The topological polar surface area (TPSA) is 54.1 Å². The average Bonchev–Trinajstić information content (AvgIpc) is 2.99. The highest BCUT2D eigenvalue weighted by Crippen LogP contribution is 2.27. The maximum Gasteiger partial charge on any atom is 0.165 e. The van der Waals surface area contributed by atoms with E-state index in [2.05, 4.69) is 17.2 Å². The van der Waals surface area contributed by atoms with Crippen molar-refractivity contribution in [2.75, 3.05) is 19.7 Å². The second-order valence-electron chi connectivity index (χ2n) is 6.43. The summed E-state index contributed by atoms with van der Waals surface area (Å²) in [7, 11) is 0. The Morgan fingerprint density at radius 1 is 1.30 bits per heavy atom. The summed E-state index contributed by atoms with van der Waals surface area (Å²) in [6, 6.07) is 5.96. The van der Waals surface area contributed by atoms with Gasteiger partial charge in [0.25, 0.3) is 0 Å². The van der Waals surface area contributed by atoms with Crippen molar-refractivity contribution in [1.82, 2.24) is 10.3 Å². The molecule has 1 fully saturated rings. The first-order valence-corrected chi connectivity index (χ1v) is 8.75. The van der Waals surface area contributed by atoms with Crippen molar-refractivity contribution < 1.29 is 9.53 Å². The molecule has 2 aromatic rings. The third-order valence-corrected chi connectivity index (χ3v) is 4.65. The lowest BCUT2D eigenvalue weighted by Gasteiger charge is -2.21. The number of hydrogen-bond donors (Lipinski definition) is 2. The van der Waals surface area contributed by atoms with E-state index in [-0.39, 0.29) is 5.78 Å². The number of ketones is 1. The number of nitrogens with one attached hydrogen (secondary N) is 2. The fraction of sp³-hybridized carbons (Fsp3) is 0.526. The zero-order valence-corrected chi connectivity index (χ0v) is 13.9. The number of rotatable bonds is 7. The number of carbonyl (C=O) groups excluding carboxylic acids is 1. The number of unbranched alkanes of at least 4 members (excludes halogenated alkanes) is 1. The van der Waals surface area contributed by atoms with Gasteiger partial charge in [0.1, 0.15) is 5.75 Å². The first-order valence-electron chi connectivity index (χ1n) is 8.75. The van der Waals surface area contributed by atoms with Crippen molar-refractivity contribution in [3.63, 3.8) is 0 Å². The molecule has 4 nitrogen and oxygen atoms in total. The van der Waals surface area contributed by atoms with Crippen LogP contribution in [0.5, 0.6) is 5.75 Å². The smallest absolute Gasteiger partial charge is 0.165 e. The molecule has 0 aliphatic carbocycles. The number of carbonyl (C=O) groups is 1. The van der Waals surface area contributed by atoms with E-state index in [0.717, 1.165) is 67.6 Å². The fourth-order valence-electron chi connectivity index (χ4n) is 3.21. The van der Waals surface area contributed by atoms with Gasteiger partial charge in [0, 0.05) is 29.1 Å². The summed E-state index contributed by atoms with van der Waals surface area (Å²) in [4.78, 5) is 15.9. The summed E-state index contributed by atoms with van der Waals surface area (Å²) in [5.41, 5.74) is 1.81. The molecule has 0 saturated carbocycles. The number of benzene rings is 1. The Balaban J connectivity index is 1.74. The molecule has 0 bridgehead atoms. The summed E-state index contributed by atoms with van der Waals surface area (Å²) in [6.45, 7) is 4.93. The molecule has 0 unspecified atom stereocenters. The minimum atomic E-state index is 0.244. The Kier molecular flexibility index (Phi) is 5.34. The molecule has 124 valence electrons. The minimum absolute atomic E-state index is 0.244. The Morgan fingerprint density at radius 2 is 2.13 bits per heavy atom. The van der Waals surface area contributed by atoms with E-state index >= 15 is 0 Å². The number of fused-ring (bicyclic) bond motifs is 1. The highest BCUT2D eigenvalue weighted by molar-refractivity contribution is 6.08. The highest BCUT2D eigenvalue weighted by atomic mass is 16.5. The number of aromatic amines is 1. The van der Waals surface area contributed by atoms with Gasteiger partial charge in [-0.25, -0.2) is 0 Å². The molecule has 1 aromatic heterocycles. The number of aromatic nitrogens is 1. The normalized spacial score (nSPS) is 15.9. The van der Waals surface area contributed by atoms with E-state index < -0.39 is 0 Å². The van der Waals surface area contributed by atoms with Crippen molar-refractivity contribution in [2.24, 2.45) is 5.92 Å². The first-order chi connectivity index (χ1) is 11.3. The van der Waals surface area contributed by atoms with E-state index in [1.807, 2.05) is 24.4 Å². The van der Waals surface area contributed by atoms with Crippen LogP contribution in [0.3, 0.4) is 0 Å². The van der Waals surface area contributed by atoms with Crippen molar-refractivity contribution in [3.05, 3.63) is 30.0 Å². The van der Waals surface area contributed by atoms with E-state index in [0.29, 0.717) is 12.3 Å². The van der Waals surface area contributed by atoms with Crippen molar-refractivity contribution >= 4 is 16.7 Å². The quantitative estimate of drug-likeness (QED) is 0.601. The van der Waals surface area contributed by atoms with E-state index in [4.69, 9.17) is 4.74 Å². The molecule has 1 aliphatic rings. The van der Waals surface area contributed by atoms with Gasteiger partial charge in [0.15, 0.2) is 5.78 Å². The van der Waals surface area contributed by atoms with Gasteiger partial charge in [-0.3, -0.25) is 4.79 Å². The number of H-pyrrole nitrogens is 1. The largest absolute Gasteiger partial charge is 0.494 e. The monoisotopic (exact) mass is 314 g/mol. The van der Waals surface area contributed by atoms with Gasteiger partial charge >= 0.3 is 0 Å². The van der Waals surface area contributed by atoms with Gasteiger partial charge < -0.3 is 15.0 Å². The predicted molar refractivity (Wildman–Crippen MR) is 93.2 cm³/mol. The van der Waals surface area contributed by atoms with Gasteiger partial charge in [0.05, 0.1) is 6.61 Å². The molecule has 1 aromatic carbocycles. The number of ether oxygens (including phenoxy) is 1. The minimum Gasteiger partial charge on any atom is -0.494 e. The zero-order chi connectivity index (χ0) is 16.1. The van der Waals surface area contributed by atoms with Crippen LogP contribution in [-0.4, -0.2) is 30.5 Å². The summed E-state index contributed by atoms with van der Waals surface area (Å²) in [5, 5.41) is 4.33. The van der Waals surface area contributed by atoms with Crippen LogP contribution >= 0.6 is 0 Å². The van der Waals surface area contributed by atoms with Crippen LogP contribution in [0.4, 0.5) is 0 Å². The number of piperidine rings is 1. The molecular formula is C19H26N2O2. The summed E-state index contributed by atoms with van der Waals surface area (Å²) in [5.74, 6) is 1.60. The molecule has 1 aliphatic heterocycles. The fourth-order valence-corrected chi connectivity index (χ4v) is 3.21. The lowest BCUT2D eigenvalue weighted by atomic mass is 9.90. The molecule has 2 N–H and O–H groups in total. The Bertz CT molecular complexity index is 656. The van der Waals surface area contributed by atoms with Gasteiger partial charge in [-0.2, -0.15) is 0 Å². The summed E-state index contributed by atoms with van der Waals surface area (Å²) < 4.78 is 5.78. The van der Waals surface area contributed by atoms with Crippen LogP contribution in [0.2, 0.25) is 0 Å². The lowest BCUT2D eigenvalue weighted by molar-refractivity contribution is 0.0954. The van der Waals surface area contributed by atoms with Crippen LogP contribution in [0.25, 0.3) is 10.9 Å². The Hall–Kier alpha value is -1.81. The van der Waals surface area contributed by atoms with Crippen LogP contribution in [0.15, 0.2) is 24.4 Å². The molecule has 3 rings (SSSR count). The number of hydrogen-bond acceptors (Lipinski definition) is 3.